The molecule has 0 radical (unpaired) electrons. The lowest BCUT2D eigenvalue weighted by Gasteiger charge is -2.18. The molecule has 0 aromatic heterocycles. The Morgan fingerprint density at radius 2 is 1.92 bits per heavy atom. The zero-order valence-corrected chi connectivity index (χ0v) is 14.8. The second-order valence-corrected chi connectivity index (χ2v) is 7.13. The van der Waals surface area contributed by atoms with Crippen molar-refractivity contribution in [3.63, 3.8) is 0 Å². The highest BCUT2D eigenvalue weighted by Gasteiger charge is 2.45. The van der Waals surface area contributed by atoms with Crippen molar-refractivity contribution in [1.82, 2.24) is 9.62 Å². The van der Waals surface area contributed by atoms with Crippen LogP contribution in [0.3, 0.4) is 0 Å². The van der Waals surface area contributed by atoms with Gasteiger partial charge in [-0.2, -0.15) is 13.2 Å². The van der Waals surface area contributed by atoms with Crippen LogP contribution in [0, 0.1) is 6.92 Å². The van der Waals surface area contributed by atoms with Crippen LogP contribution in [0.15, 0.2) is 24.3 Å². The maximum absolute atomic E-state index is 12.1. The van der Waals surface area contributed by atoms with E-state index in [0.717, 1.165) is 11.3 Å². The summed E-state index contributed by atoms with van der Waals surface area (Å²) >= 11 is 0. The molecule has 1 N–H and O–H groups in total. The Balaban J connectivity index is 2.27. The van der Waals surface area contributed by atoms with Gasteiger partial charge in [-0.15, -0.1) is 0 Å². The smallest absolute Gasteiger partial charge is 0.493 e. The number of alkyl halides is 3. The predicted molar refractivity (Wildman–Crippen MR) is 86.5 cm³/mol. The van der Waals surface area contributed by atoms with Crippen LogP contribution in [-0.2, 0) is 14.8 Å². The Kier molecular flexibility index (Phi) is 7.68. The van der Waals surface area contributed by atoms with Gasteiger partial charge in [-0.25, -0.2) is 13.1 Å². The molecule has 0 saturated carbocycles. The molecule has 0 unspecified atom stereocenters. The summed E-state index contributed by atoms with van der Waals surface area (Å²) in [5.74, 6) is 0.291. The van der Waals surface area contributed by atoms with Gasteiger partial charge in [0.05, 0.1) is 6.61 Å². The first kappa shape index (κ1) is 21.2. The van der Waals surface area contributed by atoms with Gasteiger partial charge in [-0.05, 0) is 25.0 Å². The van der Waals surface area contributed by atoms with Gasteiger partial charge in [0.1, 0.15) is 5.75 Å². The summed E-state index contributed by atoms with van der Waals surface area (Å²) < 4.78 is 64.9. The quantitative estimate of drug-likeness (QED) is 0.664. The number of aryl methyl sites for hydroxylation is 1. The topological polar surface area (TPSA) is 75.7 Å². The molecule has 0 spiro atoms. The summed E-state index contributed by atoms with van der Waals surface area (Å²) in [7, 11) is -3.92. The van der Waals surface area contributed by atoms with Gasteiger partial charge in [0.25, 0.3) is 0 Å². The molecule has 0 atom stereocenters. The van der Waals surface area contributed by atoms with E-state index in [4.69, 9.17) is 4.74 Å². The fourth-order valence-electron chi connectivity index (χ4n) is 1.89. The van der Waals surface area contributed by atoms with Crippen molar-refractivity contribution in [3.05, 3.63) is 29.8 Å². The highest BCUT2D eigenvalue weighted by Crippen LogP contribution is 2.21. The standard InChI is InChI=1S/C15H21F3N2O4S/c1-12-6-3-4-7-13(12)24-11-5-10-20(2)14(21)8-9-19-25(22,23)15(16,17)18/h3-4,6-7,19H,5,8-11H2,1-2H3. The lowest BCUT2D eigenvalue weighted by molar-refractivity contribution is -0.129. The van der Waals surface area contributed by atoms with Gasteiger partial charge >= 0.3 is 15.5 Å². The van der Waals surface area contributed by atoms with Gasteiger partial charge in [0.15, 0.2) is 0 Å². The number of benzene rings is 1. The molecule has 1 aromatic carbocycles. The molecule has 1 rings (SSSR count). The fourth-order valence-corrected chi connectivity index (χ4v) is 2.43. The molecule has 0 aliphatic rings. The van der Waals surface area contributed by atoms with Crippen molar-refractivity contribution in [2.75, 3.05) is 26.7 Å². The number of ether oxygens (including phenoxy) is 1. The number of hydrogen-bond donors (Lipinski definition) is 1. The monoisotopic (exact) mass is 382 g/mol. The Bertz CT molecular complexity index is 678. The number of rotatable bonds is 9. The molecule has 6 nitrogen and oxygen atoms in total. The molecule has 0 bridgehead atoms. The molecule has 10 heteroatoms. The van der Waals surface area contributed by atoms with Gasteiger partial charge in [-0.3, -0.25) is 4.79 Å². The van der Waals surface area contributed by atoms with E-state index in [1.165, 1.54) is 16.7 Å². The summed E-state index contributed by atoms with van der Waals surface area (Å²) in [5, 5.41) is 0. The number of hydrogen-bond acceptors (Lipinski definition) is 4. The van der Waals surface area contributed by atoms with Crippen LogP contribution in [0.25, 0.3) is 0 Å². The second kappa shape index (κ2) is 9.04. The summed E-state index contributed by atoms with van der Waals surface area (Å²) in [6.45, 7) is 2.03. The van der Waals surface area contributed by atoms with Crippen molar-refractivity contribution in [2.45, 2.75) is 25.3 Å². The third-order valence-electron chi connectivity index (χ3n) is 3.35. The highest BCUT2D eigenvalue weighted by molar-refractivity contribution is 7.90. The molecule has 25 heavy (non-hydrogen) atoms. The first-order valence-corrected chi connectivity index (χ1v) is 9.01. The first-order valence-electron chi connectivity index (χ1n) is 7.53. The Morgan fingerprint density at radius 3 is 2.52 bits per heavy atom. The fraction of sp³-hybridized carbons (Fsp3) is 0.533. The van der Waals surface area contributed by atoms with Crippen molar-refractivity contribution >= 4 is 15.9 Å². The van der Waals surface area contributed by atoms with E-state index in [2.05, 4.69) is 0 Å². The number of nitrogens with zero attached hydrogens (tertiary/aromatic N) is 1. The summed E-state index contributed by atoms with van der Waals surface area (Å²) in [4.78, 5) is 13.1. The van der Waals surface area contributed by atoms with E-state index >= 15 is 0 Å². The first-order chi connectivity index (χ1) is 11.5. The average Bonchev–Trinajstić information content (AvgIpc) is 2.51. The molecule has 0 heterocycles. The van der Waals surface area contributed by atoms with E-state index in [0.29, 0.717) is 19.6 Å². The number of para-hydroxylation sites is 1. The minimum absolute atomic E-state index is 0.344. The van der Waals surface area contributed by atoms with Gasteiger partial charge in [0.2, 0.25) is 5.91 Å². The van der Waals surface area contributed by atoms with Crippen molar-refractivity contribution < 1.29 is 31.1 Å². The molecule has 0 aliphatic heterocycles. The van der Waals surface area contributed by atoms with E-state index in [9.17, 15) is 26.4 Å². The Labute approximate surface area is 145 Å². The second-order valence-electron chi connectivity index (χ2n) is 5.38. The van der Waals surface area contributed by atoms with Gasteiger partial charge in [0, 0.05) is 26.6 Å². The van der Waals surface area contributed by atoms with Crippen molar-refractivity contribution in [2.24, 2.45) is 0 Å². The van der Waals surface area contributed by atoms with Crippen LogP contribution >= 0.6 is 0 Å². The van der Waals surface area contributed by atoms with E-state index in [1.54, 1.807) is 0 Å². The van der Waals surface area contributed by atoms with E-state index < -0.39 is 28.0 Å². The number of sulfonamides is 1. The average molecular weight is 382 g/mol. The molecule has 1 aromatic rings. The van der Waals surface area contributed by atoms with Crippen LogP contribution < -0.4 is 9.46 Å². The molecular weight excluding hydrogens is 361 g/mol. The van der Waals surface area contributed by atoms with Crippen molar-refractivity contribution in [1.29, 1.82) is 0 Å². The summed E-state index contributed by atoms with van der Waals surface area (Å²) in [6, 6.07) is 7.48. The number of amides is 1. The van der Waals surface area contributed by atoms with Crippen LogP contribution in [0.2, 0.25) is 0 Å². The number of carbonyl (C=O) groups is 1. The number of nitrogens with one attached hydrogen (secondary N) is 1. The van der Waals surface area contributed by atoms with Crippen LogP contribution in [0.4, 0.5) is 13.2 Å². The number of halogens is 3. The molecule has 0 aliphatic carbocycles. The zero-order valence-electron chi connectivity index (χ0n) is 14.0. The summed E-state index contributed by atoms with van der Waals surface area (Å²) in [6.07, 6.45) is 0.176. The minimum atomic E-state index is -5.42. The third kappa shape index (κ3) is 6.91. The molecule has 0 saturated heterocycles. The Hall–Kier alpha value is -1.81. The van der Waals surface area contributed by atoms with Crippen LogP contribution in [0.5, 0.6) is 5.75 Å². The predicted octanol–water partition coefficient (Wildman–Crippen LogP) is 2.05. The lowest BCUT2D eigenvalue weighted by Crippen LogP contribution is -2.39. The third-order valence-corrected chi connectivity index (χ3v) is 4.54. The molecule has 142 valence electrons. The van der Waals surface area contributed by atoms with Gasteiger partial charge < -0.3 is 9.64 Å². The van der Waals surface area contributed by atoms with Gasteiger partial charge in [-0.1, -0.05) is 18.2 Å². The van der Waals surface area contributed by atoms with Crippen molar-refractivity contribution in [3.8, 4) is 5.75 Å². The minimum Gasteiger partial charge on any atom is -0.493 e. The van der Waals surface area contributed by atoms with E-state index in [-0.39, 0.29) is 6.42 Å². The number of carbonyl (C=O) groups excluding carboxylic acids is 1. The maximum atomic E-state index is 12.1. The Morgan fingerprint density at radius 1 is 1.28 bits per heavy atom. The zero-order chi connectivity index (χ0) is 19.1. The molecule has 1 amide bonds. The maximum Gasteiger partial charge on any atom is 0.511 e. The SMILES string of the molecule is Cc1ccccc1OCCCN(C)C(=O)CCNS(=O)(=O)C(F)(F)F. The van der Waals surface area contributed by atoms with Crippen LogP contribution in [-0.4, -0.2) is 51.5 Å². The highest BCUT2D eigenvalue weighted by atomic mass is 32.2. The normalized spacial score (nSPS) is 12.0. The van der Waals surface area contributed by atoms with E-state index in [1.807, 2.05) is 31.2 Å². The summed E-state index contributed by atoms with van der Waals surface area (Å²) in [5.41, 5.74) is -4.39. The molecular formula is C15H21F3N2O4S. The largest absolute Gasteiger partial charge is 0.511 e. The molecule has 0 fully saturated rings. The van der Waals surface area contributed by atoms with Crippen LogP contribution in [0.1, 0.15) is 18.4 Å². The lowest BCUT2D eigenvalue weighted by atomic mass is 10.2.